The van der Waals surface area contributed by atoms with E-state index in [1.165, 1.54) is 18.1 Å². The van der Waals surface area contributed by atoms with Gasteiger partial charge in [-0.1, -0.05) is 13.0 Å². The smallest absolute Gasteiger partial charge is 0.330 e. The van der Waals surface area contributed by atoms with Crippen LogP contribution >= 0.6 is 11.3 Å². The van der Waals surface area contributed by atoms with Gasteiger partial charge in [0.2, 0.25) is 5.91 Å². The number of ether oxygens (including phenoxy) is 2. The Morgan fingerprint density at radius 2 is 2.43 bits per heavy atom. The fraction of sp³-hybridized carbons (Fsp3) is 0.467. The zero-order chi connectivity index (χ0) is 15.2. The second-order valence-corrected chi connectivity index (χ2v) is 5.80. The molecule has 0 fully saturated rings. The molecule has 2 unspecified atom stereocenters. The summed E-state index contributed by atoms with van der Waals surface area (Å²) in [6.07, 6.45) is 3.58. The largest absolute Gasteiger partial charge is 0.466 e. The van der Waals surface area contributed by atoms with Gasteiger partial charge in [0.1, 0.15) is 0 Å². The number of methoxy groups -OCH3 is 1. The lowest BCUT2D eigenvalue weighted by Gasteiger charge is -2.27. The summed E-state index contributed by atoms with van der Waals surface area (Å²) in [6.45, 7) is 2.80. The van der Waals surface area contributed by atoms with Gasteiger partial charge in [-0.3, -0.25) is 4.79 Å². The van der Waals surface area contributed by atoms with Crippen molar-refractivity contribution in [3.63, 3.8) is 0 Å². The van der Waals surface area contributed by atoms with Gasteiger partial charge in [0.05, 0.1) is 25.7 Å². The molecule has 2 rings (SSSR count). The van der Waals surface area contributed by atoms with Crippen molar-refractivity contribution in [2.45, 2.75) is 19.4 Å². The molecule has 6 heteroatoms. The molecule has 1 N–H and O–H groups in total. The summed E-state index contributed by atoms with van der Waals surface area (Å²) >= 11 is 1.71. The molecular formula is C15H19NO4S. The number of hydrogen-bond acceptors (Lipinski definition) is 5. The van der Waals surface area contributed by atoms with Gasteiger partial charge in [0.25, 0.3) is 0 Å². The molecule has 2 atom stereocenters. The Labute approximate surface area is 127 Å². The third kappa shape index (κ3) is 3.92. The number of carbonyl (C=O) groups is 2. The maximum atomic E-state index is 12.2. The van der Waals surface area contributed by atoms with Crippen LogP contribution in [0.3, 0.4) is 0 Å². The number of amides is 1. The fourth-order valence-electron chi connectivity index (χ4n) is 2.27. The lowest BCUT2D eigenvalue weighted by atomic mass is 9.94. The number of hydrogen-bond donors (Lipinski definition) is 1. The standard InChI is InChI=1S/C15H19NO4S/c1-10(15(18)16-7-3-4-13(17)19-2)14-11-6-9-21-12(11)5-8-20-14/h3-4,6,9-10,14H,5,7-8H2,1-2H3,(H,16,18)/b4-3+. The fourth-order valence-corrected chi connectivity index (χ4v) is 3.17. The summed E-state index contributed by atoms with van der Waals surface area (Å²) in [7, 11) is 1.31. The molecular weight excluding hydrogens is 290 g/mol. The molecule has 114 valence electrons. The van der Waals surface area contributed by atoms with Crippen molar-refractivity contribution in [3.05, 3.63) is 34.0 Å². The molecule has 0 aromatic carbocycles. The Hall–Kier alpha value is -1.66. The predicted octanol–water partition coefficient (Wildman–Crippen LogP) is 1.84. The maximum absolute atomic E-state index is 12.2. The number of fused-ring (bicyclic) bond motifs is 1. The average Bonchev–Trinajstić information content (AvgIpc) is 2.98. The number of nitrogens with one attached hydrogen (secondary N) is 1. The van der Waals surface area contributed by atoms with Crippen molar-refractivity contribution < 1.29 is 19.1 Å². The van der Waals surface area contributed by atoms with Crippen LogP contribution < -0.4 is 5.32 Å². The van der Waals surface area contributed by atoms with Gasteiger partial charge in [0, 0.05) is 23.9 Å². The molecule has 1 aliphatic heterocycles. The van der Waals surface area contributed by atoms with E-state index < -0.39 is 5.97 Å². The third-order valence-corrected chi connectivity index (χ3v) is 4.43. The summed E-state index contributed by atoms with van der Waals surface area (Å²) in [5, 5.41) is 4.81. The average molecular weight is 309 g/mol. The highest BCUT2D eigenvalue weighted by molar-refractivity contribution is 7.10. The van der Waals surface area contributed by atoms with Crippen molar-refractivity contribution in [1.82, 2.24) is 5.32 Å². The van der Waals surface area contributed by atoms with Gasteiger partial charge in [0.15, 0.2) is 0 Å². The highest BCUT2D eigenvalue weighted by atomic mass is 32.1. The van der Waals surface area contributed by atoms with E-state index in [4.69, 9.17) is 4.74 Å². The van der Waals surface area contributed by atoms with Crippen molar-refractivity contribution in [3.8, 4) is 0 Å². The van der Waals surface area contributed by atoms with Gasteiger partial charge in [-0.15, -0.1) is 11.3 Å². The second-order valence-electron chi connectivity index (χ2n) is 4.80. The van der Waals surface area contributed by atoms with Crippen LogP contribution in [-0.2, 0) is 25.5 Å². The molecule has 1 aromatic heterocycles. The lowest BCUT2D eigenvalue weighted by molar-refractivity contribution is -0.135. The minimum Gasteiger partial charge on any atom is -0.466 e. The molecule has 0 aliphatic carbocycles. The van der Waals surface area contributed by atoms with E-state index >= 15 is 0 Å². The molecule has 0 bridgehead atoms. The SMILES string of the molecule is COC(=O)/C=C/CNC(=O)C(C)C1OCCc2sccc21. The Kier molecular flexibility index (Phi) is 5.52. The Morgan fingerprint density at radius 1 is 1.62 bits per heavy atom. The van der Waals surface area contributed by atoms with Crippen LogP contribution in [-0.4, -0.2) is 32.1 Å². The molecule has 0 radical (unpaired) electrons. The molecule has 0 saturated carbocycles. The number of carbonyl (C=O) groups excluding carboxylic acids is 2. The van der Waals surface area contributed by atoms with Crippen LogP contribution in [0.1, 0.15) is 23.5 Å². The molecule has 2 heterocycles. The lowest BCUT2D eigenvalue weighted by Crippen LogP contribution is -2.35. The van der Waals surface area contributed by atoms with E-state index in [1.807, 2.05) is 18.4 Å². The summed E-state index contributed by atoms with van der Waals surface area (Å²) in [6, 6.07) is 2.03. The highest BCUT2D eigenvalue weighted by Crippen LogP contribution is 2.35. The van der Waals surface area contributed by atoms with Crippen LogP contribution in [0.15, 0.2) is 23.6 Å². The first kappa shape index (κ1) is 15.7. The van der Waals surface area contributed by atoms with Crippen molar-refractivity contribution >= 4 is 23.2 Å². The topological polar surface area (TPSA) is 64.6 Å². The summed E-state index contributed by atoms with van der Waals surface area (Å²) < 4.78 is 10.2. The van der Waals surface area contributed by atoms with Gasteiger partial charge < -0.3 is 14.8 Å². The Bertz CT molecular complexity index is 538. The summed E-state index contributed by atoms with van der Waals surface area (Å²) in [5.41, 5.74) is 1.12. The first-order valence-electron chi connectivity index (χ1n) is 6.83. The van der Waals surface area contributed by atoms with Gasteiger partial charge in [-0.05, 0) is 17.0 Å². The number of thiophene rings is 1. The van der Waals surface area contributed by atoms with E-state index in [0.717, 1.165) is 12.0 Å². The normalized spacial score (nSPS) is 19.0. The predicted molar refractivity (Wildman–Crippen MR) is 80.0 cm³/mol. The molecule has 1 amide bonds. The first-order valence-corrected chi connectivity index (χ1v) is 7.71. The molecule has 1 aromatic rings. The molecule has 5 nitrogen and oxygen atoms in total. The zero-order valence-electron chi connectivity index (χ0n) is 12.1. The van der Waals surface area contributed by atoms with Crippen LogP contribution in [0.4, 0.5) is 0 Å². The van der Waals surface area contributed by atoms with Gasteiger partial charge in [-0.25, -0.2) is 4.79 Å². The minimum atomic E-state index is -0.434. The van der Waals surface area contributed by atoms with E-state index in [2.05, 4.69) is 10.1 Å². The summed E-state index contributed by atoms with van der Waals surface area (Å²) in [5.74, 6) is -0.797. The van der Waals surface area contributed by atoms with Crippen molar-refractivity contribution in [2.75, 3.05) is 20.3 Å². The van der Waals surface area contributed by atoms with E-state index in [-0.39, 0.29) is 17.9 Å². The van der Waals surface area contributed by atoms with Crippen molar-refractivity contribution in [2.24, 2.45) is 5.92 Å². The van der Waals surface area contributed by atoms with Crippen LogP contribution in [0.25, 0.3) is 0 Å². The summed E-state index contributed by atoms with van der Waals surface area (Å²) in [4.78, 5) is 24.4. The molecule has 1 aliphatic rings. The first-order chi connectivity index (χ1) is 10.1. The minimum absolute atomic E-state index is 0.0893. The number of rotatable bonds is 5. The van der Waals surface area contributed by atoms with Gasteiger partial charge in [-0.2, -0.15) is 0 Å². The van der Waals surface area contributed by atoms with E-state index in [1.54, 1.807) is 17.4 Å². The van der Waals surface area contributed by atoms with E-state index in [9.17, 15) is 9.59 Å². The Balaban J connectivity index is 1.89. The Morgan fingerprint density at radius 3 is 3.19 bits per heavy atom. The third-order valence-electron chi connectivity index (χ3n) is 3.43. The quantitative estimate of drug-likeness (QED) is 0.666. The molecule has 21 heavy (non-hydrogen) atoms. The van der Waals surface area contributed by atoms with Gasteiger partial charge >= 0.3 is 5.97 Å². The molecule has 0 spiro atoms. The highest BCUT2D eigenvalue weighted by Gasteiger charge is 2.30. The second kappa shape index (κ2) is 7.38. The van der Waals surface area contributed by atoms with Crippen LogP contribution in [0, 0.1) is 5.92 Å². The van der Waals surface area contributed by atoms with Crippen LogP contribution in [0.2, 0.25) is 0 Å². The zero-order valence-corrected chi connectivity index (χ0v) is 12.9. The van der Waals surface area contributed by atoms with Crippen LogP contribution in [0.5, 0.6) is 0 Å². The molecule has 0 saturated heterocycles. The van der Waals surface area contributed by atoms with Crippen molar-refractivity contribution in [1.29, 1.82) is 0 Å². The number of esters is 1. The van der Waals surface area contributed by atoms with E-state index in [0.29, 0.717) is 13.2 Å². The monoisotopic (exact) mass is 309 g/mol. The maximum Gasteiger partial charge on any atom is 0.330 e.